The molecule has 0 aliphatic heterocycles. The quantitative estimate of drug-likeness (QED) is 0.293. The molecule has 3 nitrogen and oxygen atoms in total. The van der Waals surface area contributed by atoms with Gasteiger partial charge in [-0.1, -0.05) is 59.8 Å². The molecule has 2 aromatic rings. The van der Waals surface area contributed by atoms with Gasteiger partial charge in [-0.05, 0) is 75.9 Å². The maximum atomic E-state index is 9.27. The first-order valence-electron chi connectivity index (χ1n) is 9.18. The molecular weight excluding hydrogens is 308 g/mol. The SMILES string of the molecule is CN(C)CCCc1ccccc1CCCCC(=NO)c1ccccc1. The van der Waals surface area contributed by atoms with Crippen LogP contribution in [0.1, 0.15) is 42.4 Å². The minimum atomic E-state index is 0.778. The summed E-state index contributed by atoms with van der Waals surface area (Å²) in [6, 6.07) is 18.7. The van der Waals surface area contributed by atoms with E-state index in [9.17, 15) is 5.21 Å². The van der Waals surface area contributed by atoms with Crippen molar-refractivity contribution in [2.75, 3.05) is 20.6 Å². The van der Waals surface area contributed by atoms with Crippen LogP contribution in [-0.2, 0) is 12.8 Å². The third-order valence-corrected chi connectivity index (χ3v) is 4.51. The maximum Gasteiger partial charge on any atom is 0.0867 e. The van der Waals surface area contributed by atoms with E-state index in [0.717, 1.165) is 49.9 Å². The van der Waals surface area contributed by atoms with Gasteiger partial charge in [0.15, 0.2) is 0 Å². The fourth-order valence-electron chi connectivity index (χ4n) is 3.12. The second kappa shape index (κ2) is 10.7. The molecule has 3 heteroatoms. The van der Waals surface area contributed by atoms with E-state index in [1.165, 1.54) is 17.5 Å². The molecule has 0 unspecified atom stereocenters. The zero-order chi connectivity index (χ0) is 17.9. The van der Waals surface area contributed by atoms with Crippen molar-refractivity contribution >= 4 is 5.71 Å². The molecule has 0 saturated heterocycles. The molecule has 0 fully saturated rings. The average Bonchev–Trinajstić information content (AvgIpc) is 2.63. The van der Waals surface area contributed by atoms with E-state index in [1.54, 1.807) is 0 Å². The first kappa shape index (κ1) is 19.2. The molecule has 2 aromatic carbocycles. The Morgan fingerprint density at radius 1 is 0.840 bits per heavy atom. The van der Waals surface area contributed by atoms with Crippen LogP contribution in [0.15, 0.2) is 59.8 Å². The van der Waals surface area contributed by atoms with E-state index < -0.39 is 0 Å². The summed E-state index contributed by atoms with van der Waals surface area (Å²) in [6.07, 6.45) is 6.37. The second-order valence-electron chi connectivity index (χ2n) is 6.80. The van der Waals surface area contributed by atoms with E-state index in [4.69, 9.17) is 0 Å². The van der Waals surface area contributed by atoms with E-state index >= 15 is 0 Å². The van der Waals surface area contributed by atoms with Gasteiger partial charge in [-0.15, -0.1) is 0 Å². The Hall–Kier alpha value is -2.13. The predicted octanol–water partition coefficient (Wildman–Crippen LogP) is 4.77. The molecule has 0 atom stereocenters. The normalized spacial score (nSPS) is 11.9. The molecule has 0 aliphatic carbocycles. The molecule has 0 aromatic heterocycles. The van der Waals surface area contributed by atoms with E-state index in [2.05, 4.69) is 48.4 Å². The molecule has 0 saturated carbocycles. The van der Waals surface area contributed by atoms with Crippen LogP contribution in [0.2, 0.25) is 0 Å². The van der Waals surface area contributed by atoms with E-state index in [1.807, 2.05) is 30.3 Å². The van der Waals surface area contributed by atoms with Gasteiger partial charge in [-0.25, -0.2) is 0 Å². The largest absolute Gasteiger partial charge is 0.411 e. The number of unbranched alkanes of at least 4 members (excludes halogenated alkanes) is 1. The molecule has 0 bridgehead atoms. The van der Waals surface area contributed by atoms with Gasteiger partial charge in [0.25, 0.3) is 0 Å². The van der Waals surface area contributed by atoms with Crippen LogP contribution in [0.5, 0.6) is 0 Å². The third-order valence-electron chi connectivity index (χ3n) is 4.51. The minimum absolute atomic E-state index is 0.778. The monoisotopic (exact) mass is 338 g/mol. The predicted molar refractivity (Wildman–Crippen MR) is 106 cm³/mol. The molecule has 2 rings (SSSR count). The lowest BCUT2D eigenvalue weighted by atomic mass is 9.97. The number of hydrogen-bond donors (Lipinski definition) is 1. The summed E-state index contributed by atoms with van der Waals surface area (Å²) >= 11 is 0. The number of hydrogen-bond acceptors (Lipinski definition) is 3. The highest BCUT2D eigenvalue weighted by Crippen LogP contribution is 2.16. The van der Waals surface area contributed by atoms with Crippen LogP contribution in [0.25, 0.3) is 0 Å². The van der Waals surface area contributed by atoms with Gasteiger partial charge in [-0.3, -0.25) is 0 Å². The molecule has 1 N–H and O–H groups in total. The van der Waals surface area contributed by atoms with Gasteiger partial charge in [-0.2, -0.15) is 0 Å². The molecule has 0 aliphatic rings. The fraction of sp³-hybridized carbons (Fsp3) is 0.409. The van der Waals surface area contributed by atoms with Gasteiger partial charge in [0.1, 0.15) is 0 Å². The molecular formula is C22H30N2O. The average molecular weight is 338 g/mol. The number of benzene rings is 2. The van der Waals surface area contributed by atoms with Gasteiger partial charge < -0.3 is 10.1 Å². The van der Waals surface area contributed by atoms with Crippen molar-refractivity contribution < 1.29 is 5.21 Å². The third kappa shape index (κ3) is 6.71. The minimum Gasteiger partial charge on any atom is -0.411 e. The Kier molecular flexibility index (Phi) is 8.20. The Bertz CT molecular complexity index is 650. The smallest absolute Gasteiger partial charge is 0.0867 e. The fourth-order valence-corrected chi connectivity index (χ4v) is 3.12. The lowest BCUT2D eigenvalue weighted by molar-refractivity contribution is 0.317. The Morgan fingerprint density at radius 3 is 2.04 bits per heavy atom. The van der Waals surface area contributed by atoms with Crippen LogP contribution in [0, 0.1) is 0 Å². The van der Waals surface area contributed by atoms with Crippen molar-refractivity contribution in [1.82, 2.24) is 4.90 Å². The summed E-state index contributed by atoms with van der Waals surface area (Å²) in [7, 11) is 4.25. The lowest BCUT2D eigenvalue weighted by Gasteiger charge is -2.12. The zero-order valence-electron chi connectivity index (χ0n) is 15.5. The molecule has 25 heavy (non-hydrogen) atoms. The topological polar surface area (TPSA) is 35.8 Å². The van der Waals surface area contributed by atoms with Gasteiger partial charge in [0.2, 0.25) is 0 Å². The van der Waals surface area contributed by atoms with Gasteiger partial charge in [0, 0.05) is 0 Å². The van der Waals surface area contributed by atoms with Crippen molar-refractivity contribution in [3.8, 4) is 0 Å². The highest BCUT2D eigenvalue weighted by Gasteiger charge is 2.06. The number of nitrogens with zero attached hydrogens (tertiary/aromatic N) is 2. The highest BCUT2D eigenvalue weighted by molar-refractivity contribution is 6.00. The van der Waals surface area contributed by atoms with Crippen molar-refractivity contribution in [2.45, 2.75) is 38.5 Å². The summed E-state index contributed by atoms with van der Waals surface area (Å²) in [6.45, 7) is 1.13. The van der Waals surface area contributed by atoms with Gasteiger partial charge >= 0.3 is 0 Å². The molecule has 0 heterocycles. The second-order valence-corrected chi connectivity index (χ2v) is 6.80. The van der Waals surface area contributed by atoms with Crippen molar-refractivity contribution in [1.29, 1.82) is 0 Å². The Balaban J connectivity index is 1.81. The molecule has 0 spiro atoms. The highest BCUT2D eigenvalue weighted by atomic mass is 16.4. The summed E-state index contributed by atoms with van der Waals surface area (Å²) in [5, 5.41) is 12.8. The zero-order valence-corrected chi connectivity index (χ0v) is 15.5. The molecule has 0 amide bonds. The first-order valence-corrected chi connectivity index (χ1v) is 9.18. The van der Waals surface area contributed by atoms with Crippen molar-refractivity contribution in [2.24, 2.45) is 5.16 Å². The summed E-state index contributed by atoms with van der Waals surface area (Å²) in [5.74, 6) is 0. The number of aryl methyl sites for hydroxylation is 2. The van der Waals surface area contributed by atoms with E-state index in [0.29, 0.717) is 0 Å². The van der Waals surface area contributed by atoms with Crippen LogP contribution >= 0.6 is 0 Å². The summed E-state index contributed by atoms with van der Waals surface area (Å²) in [4.78, 5) is 2.24. The number of oxime groups is 1. The standard InChI is InChI=1S/C22H30N2O/c1-24(2)18-10-16-20-12-7-6-11-19(20)13-8-9-17-22(23-25)21-14-4-3-5-15-21/h3-7,11-12,14-15,25H,8-10,13,16-18H2,1-2H3. The Labute approximate surface area is 152 Å². The van der Waals surface area contributed by atoms with Crippen LogP contribution in [-0.4, -0.2) is 36.5 Å². The molecule has 134 valence electrons. The van der Waals surface area contributed by atoms with Gasteiger partial charge in [0.05, 0.1) is 5.71 Å². The van der Waals surface area contributed by atoms with Crippen molar-refractivity contribution in [3.63, 3.8) is 0 Å². The summed E-state index contributed by atoms with van der Waals surface area (Å²) in [5.41, 5.74) is 4.72. The van der Waals surface area contributed by atoms with Crippen LogP contribution in [0.4, 0.5) is 0 Å². The summed E-state index contributed by atoms with van der Waals surface area (Å²) < 4.78 is 0. The number of rotatable bonds is 10. The van der Waals surface area contributed by atoms with E-state index in [-0.39, 0.29) is 0 Å². The Morgan fingerprint density at radius 2 is 1.44 bits per heavy atom. The van der Waals surface area contributed by atoms with Crippen LogP contribution in [0.3, 0.4) is 0 Å². The maximum absolute atomic E-state index is 9.27. The first-order chi connectivity index (χ1) is 12.2. The lowest BCUT2D eigenvalue weighted by Crippen LogP contribution is -2.13. The van der Waals surface area contributed by atoms with Crippen molar-refractivity contribution in [3.05, 3.63) is 71.3 Å². The molecule has 0 radical (unpaired) electrons. The van der Waals surface area contributed by atoms with Crippen LogP contribution < -0.4 is 0 Å².